The average molecular weight is 435 g/mol. The maximum atomic E-state index is 11.8. The third-order valence-electron chi connectivity index (χ3n) is 3.90. The zero-order valence-electron chi connectivity index (χ0n) is 16.8. The van der Waals surface area contributed by atoms with E-state index in [9.17, 15) is 14.2 Å². The van der Waals surface area contributed by atoms with Crippen molar-refractivity contribution < 1.29 is 32.7 Å². The minimum absolute atomic E-state index is 0.289. The number of hydrogen-bond acceptors (Lipinski definition) is 7. The van der Waals surface area contributed by atoms with E-state index in [4.69, 9.17) is 18.5 Å². The Bertz CT molecular complexity index is 772. The van der Waals surface area contributed by atoms with Crippen molar-refractivity contribution in [1.29, 1.82) is 0 Å². The predicted octanol–water partition coefficient (Wildman–Crippen LogP) is 2.33. The summed E-state index contributed by atoms with van der Waals surface area (Å²) in [4.78, 5) is 23.5. The van der Waals surface area contributed by atoms with Gasteiger partial charge in [-0.15, -0.1) is 9.05 Å². The highest BCUT2D eigenvalue weighted by molar-refractivity contribution is 7.33. The largest absolute Gasteiger partial charge is 0.698 e. The fraction of sp³-hybridized carbons (Fsp3) is 0.300. The maximum absolute atomic E-state index is 11.8. The van der Waals surface area contributed by atoms with Crippen molar-refractivity contribution in [2.45, 2.75) is 13.1 Å². The number of hydrogen-bond donors (Lipinski definition) is 2. The molecule has 2 aromatic carbocycles. The van der Waals surface area contributed by atoms with Gasteiger partial charge < -0.3 is 20.1 Å². The van der Waals surface area contributed by atoms with Crippen LogP contribution in [-0.2, 0) is 36.3 Å². The summed E-state index contributed by atoms with van der Waals surface area (Å²) in [6.07, 6.45) is 0. The molecule has 0 aromatic heterocycles. The Morgan fingerprint density at radius 2 is 1.10 bits per heavy atom. The highest BCUT2D eigenvalue weighted by Gasteiger charge is 2.24. The minimum Gasteiger partial charge on any atom is -0.497 e. The monoisotopic (exact) mass is 435 g/mol. The van der Waals surface area contributed by atoms with Gasteiger partial charge in [0.25, 0.3) is 11.8 Å². The second-order valence-electron chi connectivity index (χ2n) is 6.02. The number of benzene rings is 2. The first kappa shape index (κ1) is 23.3. The minimum atomic E-state index is -2.59. The second-order valence-corrected chi connectivity index (χ2v) is 6.98. The summed E-state index contributed by atoms with van der Waals surface area (Å²) < 4.78 is 31.4. The van der Waals surface area contributed by atoms with Gasteiger partial charge in [0.1, 0.15) is 11.5 Å². The SMILES string of the molecule is COc1ccc(CNC(=O)CO[P+](=O)OCC(=O)NCc2ccc(OC)cc2)cc1. The fourth-order valence-corrected chi connectivity index (χ4v) is 2.77. The molecule has 0 aliphatic heterocycles. The van der Waals surface area contributed by atoms with Crippen LogP contribution in [0.2, 0.25) is 0 Å². The van der Waals surface area contributed by atoms with Crippen molar-refractivity contribution in [3.8, 4) is 11.5 Å². The van der Waals surface area contributed by atoms with E-state index < -0.39 is 33.3 Å². The second kappa shape index (κ2) is 12.5. The molecule has 0 saturated heterocycles. The van der Waals surface area contributed by atoms with Crippen molar-refractivity contribution in [2.24, 2.45) is 0 Å². The van der Waals surface area contributed by atoms with Gasteiger partial charge in [-0.05, 0) is 35.4 Å². The van der Waals surface area contributed by atoms with Crippen molar-refractivity contribution in [3.63, 3.8) is 0 Å². The van der Waals surface area contributed by atoms with E-state index in [0.29, 0.717) is 0 Å². The van der Waals surface area contributed by atoms with Crippen LogP contribution in [0.4, 0.5) is 0 Å². The fourth-order valence-electron chi connectivity index (χ4n) is 2.25. The van der Waals surface area contributed by atoms with Crippen LogP contribution in [0.3, 0.4) is 0 Å². The van der Waals surface area contributed by atoms with Crippen LogP contribution in [-0.4, -0.2) is 39.2 Å². The first-order chi connectivity index (χ1) is 14.5. The molecule has 0 aliphatic rings. The molecule has 10 heteroatoms. The molecule has 2 aromatic rings. The van der Waals surface area contributed by atoms with Gasteiger partial charge in [-0.1, -0.05) is 24.3 Å². The molecule has 2 N–H and O–H groups in total. The summed E-state index contributed by atoms with van der Waals surface area (Å²) in [5.74, 6) is 0.523. The summed E-state index contributed by atoms with van der Waals surface area (Å²) in [5.41, 5.74) is 1.75. The molecule has 0 fully saturated rings. The normalized spacial score (nSPS) is 10.2. The zero-order valence-corrected chi connectivity index (χ0v) is 17.6. The highest BCUT2D eigenvalue weighted by Crippen LogP contribution is 2.22. The average Bonchev–Trinajstić information content (AvgIpc) is 2.79. The Morgan fingerprint density at radius 1 is 0.733 bits per heavy atom. The van der Waals surface area contributed by atoms with Crippen LogP contribution in [0, 0.1) is 0 Å². The lowest BCUT2D eigenvalue weighted by Crippen LogP contribution is -2.27. The van der Waals surface area contributed by atoms with E-state index in [1.54, 1.807) is 38.5 Å². The maximum Gasteiger partial charge on any atom is 0.698 e. The van der Waals surface area contributed by atoms with Gasteiger partial charge in [0, 0.05) is 17.7 Å². The summed E-state index contributed by atoms with van der Waals surface area (Å²) in [6, 6.07) is 14.4. The van der Waals surface area contributed by atoms with Gasteiger partial charge in [0.05, 0.1) is 14.2 Å². The van der Waals surface area contributed by atoms with E-state index >= 15 is 0 Å². The Morgan fingerprint density at radius 3 is 1.43 bits per heavy atom. The lowest BCUT2D eigenvalue weighted by atomic mass is 10.2. The van der Waals surface area contributed by atoms with Crippen molar-refractivity contribution >= 4 is 20.1 Å². The predicted molar refractivity (Wildman–Crippen MR) is 109 cm³/mol. The molecule has 0 saturated carbocycles. The van der Waals surface area contributed by atoms with E-state index in [0.717, 1.165) is 22.6 Å². The lowest BCUT2D eigenvalue weighted by Gasteiger charge is -2.05. The number of carbonyl (C=O) groups is 2. The molecule has 0 spiro atoms. The van der Waals surface area contributed by atoms with Crippen LogP contribution < -0.4 is 20.1 Å². The van der Waals surface area contributed by atoms with Crippen LogP contribution in [0.1, 0.15) is 11.1 Å². The summed E-state index contributed by atoms with van der Waals surface area (Å²) in [7, 11) is 0.549. The quantitative estimate of drug-likeness (QED) is 0.492. The number of amides is 2. The molecular formula is C20H24N2O7P+. The van der Waals surface area contributed by atoms with Crippen LogP contribution >= 0.6 is 8.25 Å². The molecular weight excluding hydrogens is 411 g/mol. The molecule has 0 heterocycles. The smallest absolute Gasteiger partial charge is 0.497 e. The third kappa shape index (κ3) is 8.57. The number of rotatable bonds is 12. The van der Waals surface area contributed by atoms with Gasteiger partial charge in [-0.2, -0.15) is 0 Å². The Labute approximate surface area is 175 Å². The van der Waals surface area contributed by atoms with E-state index in [1.807, 2.05) is 24.3 Å². The van der Waals surface area contributed by atoms with E-state index in [2.05, 4.69) is 10.6 Å². The Hall–Kier alpha value is -3.00. The number of methoxy groups -OCH3 is 2. The highest BCUT2D eigenvalue weighted by atomic mass is 31.1. The first-order valence-corrected chi connectivity index (χ1v) is 10.1. The molecule has 9 nitrogen and oxygen atoms in total. The lowest BCUT2D eigenvalue weighted by molar-refractivity contribution is -0.123. The standard InChI is InChI=1S/C20H23N2O7P/c1-26-17-7-3-15(4-8-17)11-21-19(23)13-28-30(25)29-14-20(24)22-12-16-5-9-18(27-2)10-6-16/h3-10H,11-14H2,1-2H3,(H-,21,22,23,24)/p+1. The molecule has 2 rings (SSSR count). The molecule has 0 bridgehead atoms. The number of ether oxygens (including phenoxy) is 2. The van der Waals surface area contributed by atoms with Gasteiger partial charge in [-0.25, -0.2) is 0 Å². The zero-order chi connectivity index (χ0) is 21.8. The first-order valence-electron chi connectivity index (χ1n) is 9.02. The van der Waals surface area contributed by atoms with Crippen LogP contribution in [0.15, 0.2) is 48.5 Å². The van der Waals surface area contributed by atoms with Gasteiger partial charge in [0.15, 0.2) is 13.2 Å². The Balaban J connectivity index is 1.58. The third-order valence-corrected chi connectivity index (χ3v) is 4.58. The topological polar surface area (TPSA) is 112 Å². The van der Waals surface area contributed by atoms with Crippen molar-refractivity contribution in [2.75, 3.05) is 27.4 Å². The van der Waals surface area contributed by atoms with E-state index in [1.165, 1.54) is 0 Å². The van der Waals surface area contributed by atoms with Crippen LogP contribution in [0.5, 0.6) is 11.5 Å². The molecule has 0 atom stereocenters. The van der Waals surface area contributed by atoms with E-state index in [-0.39, 0.29) is 13.1 Å². The Kier molecular flexibility index (Phi) is 9.73. The summed E-state index contributed by atoms with van der Waals surface area (Å²) in [6.45, 7) is -0.313. The number of nitrogens with one attached hydrogen (secondary N) is 2. The molecule has 0 unspecified atom stereocenters. The summed E-state index contributed by atoms with van der Waals surface area (Å²) in [5, 5.41) is 5.25. The van der Waals surface area contributed by atoms with Gasteiger partial charge in [-0.3, -0.25) is 9.59 Å². The van der Waals surface area contributed by atoms with Gasteiger partial charge in [0.2, 0.25) is 0 Å². The molecule has 160 valence electrons. The van der Waals surface area contributed by atoms with Crippen molar-refractivity contribution in [1.82, 2.24) is 10.6 Å². The molecule has 0 aliphatic carbocycles. The molecule has 0 radical (unpaired) electrons. The molecule has 2 amide bonds. The van der Waals surface area contributed by atoms with Crippen LogP contribution in [0.25, 0.3) is 0 Å². The van der Waals surface area contributed by atoms with Gasteiger partial charge >= 0.3 is 8.25 Å². The number of carbonyl (C=O) groups excluding carboxylic acids is 2. The van der Waals surface area contributed by atoms with Crippen molar-refractivity contribution in [3.05, 3.63) is 59.7 Å². The molecule has 30 heavy (non-hydrogen) atoms. The summed E-state index contributed by atoms with van der Waals surface area (Å²) >= 11 is 0.